The molecule has 1 amide bonds. The maximum Gasteiger partial charge on any atom is 0.408 e. The number of rotatable bonds is 7. The first-order chi connectivity index (χ1) is 15.4. The number of nitrogens with one attached hydrogen (secondary N) is 1. The van der Waals surface area contributed by atoms with E-state index in [1.807, 2.05) is 6.92 Å². The highest BCUT2D eigenvalue weighted by atomic mass is 35.5. The Morgan fingerprint density at radius 1 is 1.15 bits per heavy atom. The van der Waals surface area contributed by atoms with Gasteiger partial charge in [-0.1, -0.05) is 36.2 Å². The summed E-state index contributed by atoms with van der Waals surface area (Å²) in [5.74, 6) is -1.16. The van der Waals surface area contributed by atoms with Crippen LogP contribution in [0.4, 0.5) is 9.18 Å². The molecule has 0 bridgehead atoms. The van der Waals surface area contributed by atoms with Crippen LogP contribution in [0.5, 0.6) is 5.75 Å². The Morgan fingerprint density at radius 3 is 2.39 bits per heavy atom. The van der Waals surface area contributed by atoms with Gasteiger partial charge in [0.15, 0.2) is 5.78 Å². The molecule has 6 nitrogen and oxygen atoms in total. The number of alkyl carbamates (subject to hydrolysis) is 1. The molecular weight excluding hydrogens is 472 g/mol. The van der Waals surface area contributed by atoms with Gasteiger partial charge in [-0.3, -0.25) is 4.79 Å². The van der Waals surface area contributed by atoms with Crippen molar-refractivity contribution in [1.82, 2.24) is 5.32 Å². The van der Waals surface area contributed by atoms with E-state index in [0.29, 0.717) is 31.1 Å². The summed E-state index contributed by atoms with van der Waals surface area (Å²) >= 11 is 12.1. The fourth-order valence-corrected chi connectivity index (χ4v) is 3.46. The van der Waals surface area contributed by atoms with Gasteiger partial charge < -0.3 is 19.5 Å². The second-order valence-electron chi connectivity index (χ2n) is 9.35. The number of halogens is 3. The third-order valence-corrected chi connectivity index (χ3v) is 5.63. The predicted octanol–water partition coefficient (Wildman–Crippen LogP) is 6.00. The number of carbonyl (C=O) groups excluding carboxylic acids is 2. The van der Waals surface area contributed by atoms with Crippen LogP contribution in [0.3, 0.4) is 0 Å². The quantitative estimate of drug-likeness (QED) is 0.475. The lowest BCUT2D eigenvalue weighted by atomic mass is 9.90. The number of carbonyl (C=O) groups is 2. The van der Waals surface area contributed by atoms with Crippen LogP contribution in [0, 0.1) is 11.2 Å². The van der Waals surface area contributed by atoms with Crippen LogP contribution < -0.4 is 10.1 Å². The molecule has 1 saturated heterocycles. The molecule has 1 aliphatic heterocycles. The number of hydrogen-bond donors (Lipinski definition) is 1. The van der Waals surface area contributed by atoms with Crippen LogP contribution in [0.25, 0.3) is 0 Å². The van der Waals surface area contributed by atoms with E-state index in [-0.39, 0.29) is 21.0 Å². The molecule has 0 radical (unpaired) electrons. The number of amides is 1. The molecule has 0 spiro atoms. The van der Waals surface area contributed by atoms with Crippen molar-refractivity contribution in [3.8, 4) is 5.75 Å². The van der Waals surface area contributed by atoms with Crippen molar-refractivity contribution in [1.29, 1.82) is 0 Å². The van der Waals surface area contributed by atoms with Crippen LogP contribution in [0.1, 0.15) is 49.7 Å². The second kappa shape index (κ2) is 9.87. The summed E-state index contributed by atoms with van der Waals surface area (Å²) in [5, 5.41) is 2.98. The monoisotopic (exact) mass is 497 g/mol. The van der Waals surface area contributed by atoms with E-state index < -0.39 is 29.3 Å². The summed E-state index contributed by atoms with van der Waals surface area (Å²) in [6, 6.07) is 7.21. The molecule has 1 atom stereocenters. The van der Waals surface area contributed by atoms with Crippen LogP contribution in [0.15, 0.2) is 36.4 Å². The number of benzene rings is 2. The van der Waals surface area contributed by atoms with Crippen molar-refractivity contribution >= 4 is 35.1 Å². The molecule has 1 fully saturated rings. The summed E-state index contributed by atoms with van der Waals surface area (Å²) in [7, 11) is 0. The minimum atomic E-state index is -1.25. The number of ether oxygens (including phenoxy) is 3. The average Bonchev–Trinajstić information content (AvgIpc) is 2.69. The highest BCUT2D eigenvalue weighted by molar-refractivity contribution is 6.42. The van der Waals surface area contributed by atoms with Crippen LogP contribution in [0.2, 0.25) is 10.0 Å². The average molecular weight is 498 g/mol. The summed E-state index contributed by atoms with van der Waals surface area (Å²) < 4.78 is 31.1. The van der Waals surface area contributed by atoms with Gasteiger partial charge in [-0.25, -0.2) is 9.18 Å². The molecule has 1 unspecified atom stereocenters. The standard InChI is InChI=1S/C24H26Cl2FNO5/c1-23(2,3)33-22(30)28-20(14-5-8-17(25)18(26)9-14)21(29)16-7-6-15(10-19(16)27)32-13-24(4)11-31-12-24/h5-10,20H,11-13H2,1-4H3,(H,28,30). The number of ketones is 1. The lowest BCUT2D eigenvalue weighted by molar-refractivity contribution is -0.120. The van der Waals surface area contributed by atoms with Crippen LogP contribution >= 0.6 is 23.2 Å². The van der Waals surface area contributed by atoms with E-state index in [2.05, 4.69) is 5.32 Å². The van der Waals surface area contributed by atoms with Crippen LogP contribution in [-0.2, 0) is 9.47 Å². The Balaban J connectivity index is 1.85. The summed E-state index contributed by atoms with van der Waals surface area (Å²) in [6.45, 7) is 8.60. The highest BCUT2D eigenvalue weighted by Gasteiger charge is 2.34. The van der Waals surface area contributed by atoms with Gasteiger partial charge in [0.05, 0.1) is 35.4 Å². The van der Waals surface area contributed by atoms with E-state index >= 15 is 0 Å². The zero-order chi connectivity index (χ0) is 24.4. The summed E-state index contributed by atoms with van der Waals surface area (Å²) in [4.78, 5) is 25.7. The molecule has 9 heteroatoms. The Kier molecular flexibility index (Phi) is 7.56. The van der Waals surface area contributed by atoms with Gasteiger partial charge in [-0.05, 0) is 50.6 Å². The predicted molar refractivity (Wildman–Crippen MR) is 124 cm³/mol. The molecule has 2 aromatic carbocycles. The lowest BCUT2D eigenvalue weighted by Gasteiger charge is -2.37. The van der Waals surface area contributed by atoms with Crippen LogP contribution in [-0.4, -0.2) is 37.3 Å². The normalized spacial score (nSPS) is 15.8. The van der Waals surface area contributed by atoms with E-state index in [1.54, 1.807) is 20.8 Å². The van der Waals surface area contributed by atoms with Crippen molar-refractivity contribution < 1.29 is 28.2 Å². The fourth-order valence-electron chi connectivity index (χ4n) is 3.15. The van der Waals surface area contributed by atoms with Crippen molar-refractivity contribution in [3.63, 3.8) is 0 Å². The highest BCUT2D eigenvalue weighted by Crippen LogP contribution is 2.30. The Hall–Kier alpha value is -2.35. The Morgan fingerprint density at radius 2 is 1.85 bits per heavy atom. The van der Waals surface area contributed by atoms with Crippen molar-refractivity contribution in [2.45, 2.75) is 39.3 Å². The first-order valence-electron chi connectivity index (χ1n) is 10.4. The molecule has 0 saturated carbocycles. The molecule has 3 rings (SSSR count). The molecule has 178 valence electrons. The zero-order valence-electron chi connectivity index (χ0n) is 18.8. The summed E-state index contributed by atoms with van der Waals surface area (Å²) in [6.07, 6.45) is -0.830. The maximum absolute atomic E-state index is 14.9. The molecular formula is C24H26Cl2FNO5. The van der Waals surface area contributed by atoms with Gasteiger partial charge in [-0.2, -0.15) is 0 Å². The van der Waals surface area contributed by atoms with Gasteiger partial charge >= 0.3 is 6.09 Å². The molecule has 2 aromatic rings. The fraction of sp³-hybridized carbons (Fsp3) is 0.417. The topological polar surface area (TPSA) is 73.9 Å². The first kappa shape index (κ1) is 25.3. The minimum Gasteiger partial charge on any atom is -0.493 e. The minimum absolute atomic E-state index is 0.110. The van der Waals surface area contributed by atoms with Gasteiger partial charge in [0, 0.05) is 11.5 Å². The maximum atomic E-state index is 14.9. The lowest BCUT2D eigenvalue weighted by Crippen LogP contribution is -2.44. The third-order valence-electron chi connectivity index (χ3n) is 4.89. The molecule has 1 aliphatic rings. The van der Waals surface area contributed by atoms with Gasteiger partial charge in [-0.15, -0.1) is 0 Å². The van der Waals surface area contributed by atoms with E-state index in [0.717, 1.165) is 6.07 Å². The third kappa shape index (κ3) is 6.59. The van der Waals surface area contributed by atoms with Gasteiger partial charge in [0.1, 0.15) is 23.2 Å². The molecule has 0 aromatic heterocycles. The van der Waals surface area contributed by atoms with Gasteiger partial charge in [0.2, 0.25) is 0 Å². The number of Topliss-reactive ketones (excluding diaryl/α,β-unsaturated/α-hetero) is 1. The van der Waals surface area contributed by atoms with Crippen molar-refractivity contribution in [3.05, 3.63) is 63.4 Å². The first-order valence-corrected chi connectivity index (χ1v) is 11.1. The van der Waals surface area contributed by atoms with Crippen molar-refractivity contribution in [2.75, 3.05) is 19.8 Å². The van der Waals surface area contributed by atoms with E-state index in [1.165, 1.54) is 30.3 Å². The van der Waals surface area contributed by atoms with Gasteiger partial charge in [0.25, 0.3) is 0 Å². The second-order valence-corrected chi connectivity index (χ2v) is 10.2. The van der Waals surface area contributed by atoms with E-state index in [4.69, 9.17) is 37.4 Å². The number of hydrogen-bond acceptors (Lipinski definition) is 5. The Bertz CT molecular complexity index is 1050. The SMILES string of the molecule is CC1(COc2ccc(C(=O)C(NC(=O)OC(C)(C)C)c3ccc(Cl)c(Cl)c3)c(F)c2)COC1. The largest absolute Gasteiger partial charge is 0.493 e. The molecule has 33 heavy (non-hydrogen) atoms. The molecule has 1 N–H and O–H groups in total. The zero-order valence-corrected chi connectivity index (χ0v) is 20.3. The van der Waals surface area contributed by atoms with Crippen molar-refractivity contribution in [2.24, 2.45) is 5.41 Å². The molecule has 1 heterocycles. The Labute approximate surface area is 202 Å². The smallest absolute Gasteiger partial charge is 0.408 e. The van der Waals surface area contributed by atoms with E-state index in [9.17, 15) is 14.0 Å². The summed E-state index contributed by atoms with van der Waals surface area (Å²) in [5.41, 5.74) is -0.784. The molecule has 0 aliphatic carbocycles.